The van der Waals surface area contributed by atoms with Crippen LogP contribution in [0.2, 0.25) is 0 Å². The molecule has 2 heterocycles. The molecule has 0 bridgehead atoms. The van der Waals surface area contributed by atoms with Gasteiger partial charge in [0.1, 0.15) is 0 Å². The van der Waals surface area contributed by atoms with Crippen molar-refractivity contribution in [3.05, 3.63) is 22.7 Å². The van der Waals surface area contributed by atoms with E-state index >= 15 is 0 Å². The van der Waals surface area contributed by atoms with E-state index in [-0.39, 0.29) is 11.5 Å². The number of carboxylic acid groups (broad SMARTS) is 1. The minimum absolute atomic E-state index is 0.0354. The Balaban J connectivity index is 1.89. The molecular formula is C13H17N3O3. The summed E-state index contributed by atoms with van der Waals surface area (Å²) >= 11 is 0. The van der Waals surface area contributed by atoms with Gasteiger partial charge in [0, 0.05) is 31.5 Å². The summed E-state index contributed by atoms with van der Waals surface area (Å²) in [6.07, 6.45) is 5.43. The summed E-state index contributed by atoms with van der Waals surface area (Å²) in [6, 6.07) is 0.310. The van der Waals surface area contributed by atoms with Gasteiger partial charge in [0.05, 0.1) is 5.92 Å². The van der Waals surface area contributed by atoms with Crippen molar-refractivity contribution in [1.82, 2.24) is 9.55 Å². The third-order valence-electron chi connectivity index (χ3n) is 4.02. The van der Waals surface area contributed by atoms with Gasteiger partial charge in [0.2, 0.25) is 0 Å². The van der Waals surface area contributed by atoms with E-state index in [1.807, 2.05) is 11.8 Å². The number of rotatable bonds is 3. The molecule has 2 aliphatic rings. The van der Waals surface area contributed by atoms with Crippen molar-refractivity contribution in [1.29, 1.82) is 0 Å². The maximum atomic E-state index is 12.3. The van der Waals surface area contributed by atoms with Crippen molar-refractivity contribution in [2.24, 2.45) is 11.8 Å². The van der Waals surface area contributed by atoms with Gasteiger partial charge in [0.25, 0.3) is 5.56 Å². The van der Waals surface area contributed by atoms with Crippen LogP contribution in [0.15, 0.2) is 17.2 Å². The number of aromatic nitrogens is 2. The molecule has 0 aromatic carbocycles. The number of nitrogens with zero attached hydrogens (tertiary/aromatic N) is 3. The third-order valence-corrected chi connectivity index (χ3v) is 4.02. The van der Waals surface area contributed by atoms with Crippen LogP contribution < -0.4 is 10.5 Å². The first-order valence-corrected chi connectivity index (χ1v) is 6.63. The fourth-order valence-corrected chi connectivity index (χ4v) is 2.73. The molecule has 3 rings (SSSR count). The van der Waals surface area contributed by atoms with E-state index in [0.717, 1.165) is 12.8 Å². The second kappa shape index (κ2) is 4.36. The first kappa shape index (κ1) is 12.2. The summed E-state index contributed by atoms with van der Waals surface area (Å²) in [5, 5.41) is 9.14. The molecule has 1 aromatic heterocycles. The summed E-state index contributed by atoms with van der Waals surface area (Å²) in [4.78, 5) is 29.4. The number of hydrogen-bond donors (Lipinski definition) is 1. The highest BCUT2D eigenvalue weighted by atomic mass is 16.4. The molecule has 1 N–H and O–H groups in total. The zero-order valence-electron chi connectivity index (χ0n) is 10.8. The molecule has 0 unspecified atom stereocenters. The topological polar surface area (TPSA) is 75.4 Å². The zero-order chi connectivity index (χ0) is 13.6. The fourth-order valence-electron chi connectivity index (χ4n) is 2.73. The molecule has 0 amide bonds. The first-order chi connectivity index (χ1) is 9.08. The third kappa shape index (κ3) is 2.11. The van der Waals surface area contributed by atoms with E-state index in [0.29, 0.717) is 24.9 Å². The Morgan fingerprint density at radius 1 is 1.42 bits per heavy atom. The van der Waals surface area contributed by atoms with Crippen molar-refractivity contribution < 1.29 is 9.90 Å². The quantitative estimate of drug-likeness (QED) is 0.870. The van der Waals surface area contributed by atoms with Gasteiger partial charge in [-0.1, -0.05) is 6.92 Å². The lowest BCUT2D eigenvalue weighted by Gasteiger charge is -2.17. The van der Waals surface area contributed by atoms with Crippen LogP contribution >= 0.6 is 0 Å². The van der Waals surface area contributed by atoms with Crippen molar-refractivity contribution in [2.75, 3.05) is 18.0 Å². The van der Waals surface area contributed by atoms with Crippen LogP contribution in [0.3, 0.4) is 0 Å². The summed E-state index contributed by atoms with van der Waals surface area (Å²) in [5.74, 6) is -0.789. The van der Waals surface area contributed by atoms with Gasteiger partial charge in [-0.25, -0.2) is 4.98 Å². The van der Waals surface area contributed by atoms with Crippen LogP contribution in [0.4, 0.5) is 5.82 Å². The van der Waals surface area contributed by atoms with E-state index in [1.54, 1.807) is 17.0 Å². The summed E-state index contributed by atoms with van der Waals surface area (Å²) < 4.78 is 1.72. The average molecular weight is 263 g/mol. The van der Waals surface area contributed by atoms with Crippen LogP contribution in [-0.2, 0) is 4.79 Å². The van der Waals surface area contributed by atoms with Gasteiger partial charge >= 0.3 is 5.97 Å². The highest BCUT2D eigenvalue weighted by Crippen LogP contribution is 2.33. The van der Waals surface area contributed by atoms with Crippen LogP contribution in [-0.4, -0.2) is 33.7 Å². The first-order valence-electron chi connectivity index (χ1n) is 6.63. The minimum atomic E-state index is -0.798. The van der Waals surface area contributed by atoms with Crippen molar-refractivity contribution in [3.63, 3.8) is 0 Å². The van der Waals surface area contributed by atoms with E-state index in [1.165, 1.54) is 0 Å². The van der Waals surface area contributed by atoms with Crippen molar-refractivity contribution in [3.8, 4) is 0 Å². The van der Waals surface area contributed by atoms with E-state index in [2.05, 4.69) is 4.98 Å². The summed E-state index contributed by atoms with van der Waals surface area (Å²) in [7, 11) is 0. The Labute approximate surface area is 110 Å². The molecule has 6 heteroatoms. The molecule has 102 valence electrons. The van der Waals surface area contributed by atoms with E-state index < -0.39 is 11.9 Å². The molecule has 0 spiro atoms. The predicted octanol–water partition coefficient (Wildman–Crippen LogP) is 0.735. The number of carbonyl (C=O) groups is 1. The lowest BCUT2D eigenvalue weighted by Crippen LogP contribution is -2.32. The Morgan fingerprint density at radius 2 is 2.16 bits per heavy atom. The Morgan fingerprint density at radius 3 is 2.74 bits per heavy atom. The smallest absolute Gasteiger partial charge is 0.308 e. The number of carboxylic acids is 1. The SMILES string of the molecule is C[C@@H]1CN(c2nccn(C3CC3)c2=O)C[C@H]1C(=O)O. The largest absolute Gasteiger partial charge is 0.481 e. The van der Waals surface area contributed by atoms with E-state index in [4.69, 9.17) is 5.11 Å². The summed E-state index contributed by atoms with van der Waals surface area (Å²) in [6.45, 7) is 2.85. The molecular weight excluding hydrogens is 246 g/mol. The molecule has 1 saturated carbocycles. The van der Waals surface area contributed by atoms with Gasteiger partial charge in [0.15, 0.2) is 5.82 Å². The lowest BCUT2D eigenvalue weighted by atomic mass is 9.99. The highest BCUT2D eigenvalue weighted by molar-refractivity contribution is 5.72. The number of anilines is 1. The maximum absolute atomic E-state index is 12.3. The predicted molar refractivity (Wildman–Crippen MR) is 69.3 cm³/mol. The zero-order valence-corrected chi connectivity index (χ0v) is 10.8. The molecule has 0 radical (unpaired) electrons. The lowest BCUT2D eigenvalue weighted by molar-refractivity contribution is -0.142. The van der Waals surface area contributed by atoms with E-state index in [9.17, 15) is 9.59 Å². The Hall–Kier alpha value is -1.85. The monoisotopic (exact) mass is 263 g/mol. The Kier molecular flexibility index (Phi) is 2.80. The summed E-state index contributed by atoms with van der Waals surface area (Å²) in [5.41, 5.74) is -0.0942. The van der Waals surface area contributed by atoms with Crippen LogP contribution in [0.1, 0.15) is 25.8 Å². The van der Waals surface area contributed by atoms with Crippen LogP contribution in [0.5, 0.6) is 0 Å². The normalized spacial score (nSPS) is 26.7. The second-order valence-electron chi connectivity index (χ2n) is 5.52. The highest BCUT2D eigenvalue weighted by Gasteiger charge is 2.37. The molecule has 1 aromatic rings. The molecule has 19 heavy (non-hydrogen) atoms. The molecule has 1 saturated heterocycles. The van der Waals surface area contributed by atoms with Gasteiger partial charge in [-0.05, 0) is 18.8 Å². The maximum Gasteiger partial charge on any atom is 0.308 e. The van der Waals surface area contributed by atoms with Crippen LogP contribution in [0.25, 0.3) is 0 Å². The second-order valence-corrected chi connectivity index (χ2v) is 5.52. The number of aliphatic carboxylic acids is 1. The average Bonchev–Trinajstić information content (AvgIpc) is 3.12. The van der Waals surface area contributed by atoms with Gasteiger partial charge in [-0.2, -0.15) is 0 Å². The van der Waals surface area contributed by atoms with Gasteiger partial charge in [-0.15, -0.1) is 0 Å². The Bertz CT molecular complexity index is 564. The number of hydrogen-bond acceptors (Lipinski definition) is 4. The molecule has 2 fully saturated rings. The van der Waals surface area contributed by atoms with Gasteiger partial charge in [-0.3, -0.25) is 9.59 Å². The minimum Gasteiger partial charge on any atom is -0.481 e. The van der Waals surface area contributed by atoms with Crippen molar-refractivity contribution >= 4 is 11.8 Å². The standard InChI is InChI=1S/C13H17N3O3/c1-8-6-15(7-10(8)13(18)19)11-12(17)16(5-4-14-11)9-2-3-9/h4-5,8-10H,2-3,6-7H2,1H3,(H,18,19)/t8-,10-/m1/s1. The molecule has 6 nitrogen and oxygen atoms in total. The molecule has 1 aliphatic carbocycles. The molecule has 2 atom stereocenters. The molecule has 1 aliphatic heterocycles. The van der Waals surface area contributed by atoms with Crippen LogP contribution in [0, 0.1) is 11.8 Å². The van der Waals surface area contributed by atoms with Crippen molar-refractivity contribution in [2.45, 2.75) is 25.8 Å². The fraction of sp³-hybridized carbons (Fsp3) is 0.615. The van der Waals surface area contributed by atoms with Gasteiger partial charge < -0.3 is 14.6 Å².